The summed E-state index contributed by atoms with van der Waals surface area (Å²) in [7, 11) is -2.26. The van der Waals surface area contributed by atoms with Gasteiger partial charge < -0.3 is 4.74 Å². The molecule has 5 nitrogen and oxygen atoms in total. The van der Waals surface area contributed by atoms with E-state index < -0.39 is 10.1 Å². The topological polar surface area (TPSA) is 67.5 Å². The van der Waals surface area contributed by atoms with E-state index in [-0.39, 0.29) is 5.75 Å². The Kier molecular flexibility index (Phi) is 5.13. The van der Waals surface area contributed by atoms with Gasteiger partial charge in [-0.1, -0.05) is 11.3 Å². The zero-order valence-electron chi connectivity index (χ0n) is 12.1. The molecule has 1 aromatic carbocycles. The quantitative estimate of drug-likeness (QED) is 0.493. The molecule has 0 saturated heterocycles. The minimum absolute atomic E-state index is 0.225. The molecule has 2 rings (SSSR count). The minimum atomic E-state index is -3.90. The summed E-state index contributed by atoms with van der Waals surface area (Å²) in [6.45, 7) is 2.55. The number of hydrogen-bond acceptors (Lipinski definition) is 5. The fourth-order valence-electron chi connectivity index (χ4n) is 2.21. The number of ether oxygens (including phenoxy) is 1. The molecule has 0 amide bonds. The van der Waals surface area contributed by atoms with Gasteiger partial charge in [-0.25, -0.2) is 0 Å². The second kappa shape index (κ2) is 6.51. The van der Waals surface area contributed by atoms with E-state index in [1.807, 2.05) is 19.2 Å². The molecular weight excluding hydrogens is 330 g/mol. The molecule has 0 aliphatic rings. The molecule has 0 radical (unpaired) electrons. The van der Waals surface area contributed by atoms with Crippen LogP contribution in [0.2, 0.25) is 0 Å². The maximum atomic E-state index is 10.8. The first kappa shape index (κ1) is 16.5. The predicted octanol–water partition coefficient (Wildman–Crippen LogP) is 2.51. The number of hydrogen-bond donors (Lipinski definition) is 1. The van der Waals surface area contributed by atoms with E-state index in [9.17, 15) is 8.42 Å². The largest absolute Gasteiger partial charge is 0.495 e. The number of thioether (sulfide) groups is 1. The molecule has 0 saturated carbocycles. The predicted molar refractivity (Wildman–Crippen MR) is 86.1 cm³/mol. The summed E-state index contributed by atoms with van der Waals surface area (Å²) in [6, 6.07) is 4.08. The van der Waals surface area contributed by atoms with Crippen LogP contribution in [0.25, 0.3) is 10.2 Å². The van der Waals surface area contributed by atoms with Crippen molar-refractivity contribution in [2.24, 2.45) is 0 Å². The minimum Gasteiger partial charge on any atom is -0.495 e. The van der Waals surface area contributed by atoms with Crippen LogP contribution >= 0.6 is 23.1 Å². The lowest BCUT2D eigenvalue weighted by Gasteiger charge is -2.04. The van der Waals surface area contributed by atoms with Gasteiger partial charge in [-0.2, -0.15) is 13.0 Å². The molecule has 0 bridgehead atoms. The van der Waals surface area contributed by atoms with Crippen molar-refractivity contribution in [2.75, 3.05) is 19.1 Å². The lowest BCUT2D eigenvalue weighted by molar-refractivity contribution is -0.672. The summed E-state index contributed by atoms with van der Waals surface area (Å²) >= 11 is 3.30. The molecule has 1 N–H and O–H groups in total. The molecule has 21 heavy (non-hydrogen) atoms. The zero-order chi connectivity index (χ0) is 15.6. The smallest absolute Gasteiger partial charge is 0.265 e. The monoisotopic (exact) mass is 348 g/mol. The highest BCUT2D eigenvalue weighted by Crippen LogP contribution is 2.33. The van der Waals surface area contributed by atoms with E-state index in [2.05, 4.69) is 10.6 Å². The maximum absolute atomic E-state index is 10.8. The van der Waals surface area contributed by atoms with Crippen molar-refractivity contribution in [3.05, 3.63) is 17.1 Å². The number of methoxy groups -OCH3 is 1. The van der Waals surface area contributed by atoms with E-state index >= 15 is 0 Å². The highest BCUT2D eigenvalue weighted by molar-refractivity contribution is 7.98. The Morgan fingerprint density at radius 3 is 2.71 bits per heavy atom. The number of fused-ring (bicyclic) bond motifs is 1. The highest BCUT2D eigenvalue weighted by atomic mass is 32.2. The third kappa shape index (κ3) is 3.88. The van der Waals surface area contributed by atoms with Crippen LogP contribution in [0.15, 0.2) is 17.0 Å². The Hall–Kier alpha value is -0.830. The van der Waals surface area contributed by atoms with Gasteiger partial charge in [0, 0.05) is 13.3 Å². The Labute approximate surface area is 132 Å². The fraction of sp³-hybridized carbons (Fsp3) is 0.462. The maximum Gasteiger partial charge on any atom is 0.265 e. The summed E-state index contributed by atoms with van der Waals surface area (Å²) in [5.74, 6) is 0.591. The van der Waals surface area contributed by atoms with E-state index in [4.69, 9.17) is 9.29 Å². The van der Waals surface area contributed by atoms with E-state index in [0.717, 1.165) is 25.9 Å². The molecule has 0 atom stereocenters. The van der Waals surface area contributed by atoms with Crippen molar-refractivity contribution >= 4 is 43.4 Å². The first-order chi connectivity index (χ1) is 9.85. The molecule has 0 aliphatic carbocycles. The van der Waals surface area contributed by atoms with E-state index in [0.29, 0.717) is 13.0 Å². The average Bonchev–Trinajstić information content (AvgIpc) is 2.71. The van der Waals surface area contributed by atoms with Gasteiger partial charge in [0.1, 0.15) is 10.4 Å². The highest BCUT2D eigenvalue weighted by Gasteiger charge is 2.20. The van der Waals surface area contributed by atoms with Gasteiger partial charge in [-0.15, -0.1) is 11.8 Å². The number of aryl methyl sites for hydroxylation is 2. The first-order valence-electron chi connectivity index (χ1n) is 6.36. The van der Waals surface area contributed by atoms with Crippen LogP contribution in [0.3, 0.4) is 0 Å². The summed E-state index contributed by atoms with van der Waals surface area (Å²) in [5, 5.41) is 1.10. The van der Waals surface area contributed by atoms with Gasteiger partial charge in [-0.3, -0.25) is 4.55 Å². The number of thiazole rings is 1. The third-order valence-electron chi connectivity index (χ3n) is 3.18. The van der Waals surface area contributed by atoms with Crippen LogP contribution < -0.4 is 9.30 Å². The fourth-order valence-corrected chi connectivity index (χ4v) is 4.43. The van der Waals surface area contributed by atoms with Gasteiger partial charge in [0.25, 0.3) is 10.1 Å². The Morgan fingerprint density at radius 2 is 2.14 bits per heavy atom. The Balaban J connectivity index is 2.37. The van der Waals surface area contributed by atoms with Crippen LogP contribution in [0.1, 0.15) is 11.4 Å². The second-order valence-electron chi connectivity index (χ2n) is 4.59. The van der Waals surface area contributed by atoms with E-state index in [1.165, 1.54) is 0 Å². The third-order valence-corrected chi connectivity index (χ3v) is 5.80. The van der Waals surface area contributed by atoms with Crippen molar-refractivity contribution in [3.8, 4) is 5.75 Å². The zero-order valence-corrected chi connectivity index (χ0v) is 14.6. The molecule has 8 heteroatoms. The van der Waals surface area contributed by atoms with Crippen LogP contribution in [-0.4, -0.2) is 32.1 Å². The van der Waals surface area contributed by atoms with E-state index in [1.54, 1.807) is 30.2 Å². The van der Waals surface area contributed by atoms with Gasteiger partial charge in [0.2, 0.25) is 10.5 Å². The summed E-state index contributed by atoms with van der Waals surface area (Å²) in [5.41, 5.74) is 1.03. The van der Waals surface area contributed by atoms with Crippen LogP contribution in [0, 0.1) is 6.92 Å². The van der Waals surface area contributed by atoms with Crippen molar-refractivity contribution < 1.29 is 22.3 Å². The van der Waals surface area contributed by atoms with Gasteiger partial charge in [-0.05, 0) is 12.3 Å². The van der Waals surface area contributed by atoms with Crippen molar-refractivity contribution in [1.82, 2.24) is 0 Å². The van der Waals surface area contributed by atoms with Crippen LogP contribution in [0.5, 0.6) is 5.75 Å². The summed E-state index contributed by atoms with van der Waals surface area (Å²) < 4.78 is 39.1. The number of rotatable bonds is 6. The normalized spacial score (nSPS) is 12.0. The Morgan fingerprint density at radius 1 is 1.43 bits per heavy atom. The molecule has 0 fully saturated rings. The van der Waals surface area contributed by atoms with Crippen LogP contribution in [0.4, 0.5) is 0 Å². The number of benzene rings is 1. The van der Waals surface area contributed by atoms with Gasteiger partial charge in [0.05, 0.1) is 23.8 Å². The van der Waals surface area contributed by atoms with Crippen LogP contribution in [-0.2, 0) is 16.7 Å². The van der Waals surface area contributed by atoms with Gasteiger partial charge >= 0.3 is 0 Å². The lowest BCUT2D eigenvalue weighted by Crippen LogP contribution is -2.35. The molecule has 0 aliphatic heterocycles. The molecule has 116 valence electrons. The molecule has 0 unspecified atom stereocenters. The van der Waals surface area contributed by atoms with Gasteiger partial charge in [0.15, 0.2) is 6.54 Å². The molecular formula is C13H18NO4S3+. The molecule has 0 spiro atoms. The molecule has 1 aromatic heterocycles. The molecule has 2 aromatic rings. The number of nitrogens with zero attached hydrogens (tertiary/aromatic N) is 1. The second-order valence-corrected chi connectivity index (χ2v) is 8.24. The summed E-state index contributed by atoms with van der Waals surface area (Å²) in [6.07, 6.45) is 2.38. The standard InChI is InChI=1S/C13H17NO4S3/c1-9-14(5-4-6-21(15,16)17)10-7-11(18-2)13(19-3)8-12(10)20-9/h7-8H,4-6H2,1-3H3/p+1. The summed E-state index contributed by atoms with van der Waals surface area (Å²) in [4.78, 5) is 1.08. The van der Waals surface area contributed by atoms with Crippen molar-refractivity contribution in [3.63, 3.8) is 0 Å². The molecule has 1 heterocycles. The van der Waals surface area contributed by atoms with Crippen molar-refractivity contribution in [1.29, 1.82) is 0 Å². The lowest BCUT2D eigenvalue weighted by atomic mass is 10.3. The first-order valence-corrected chi connectivity index (χ1v) is 10.0. The Bertz CT molecular complexity index is 752. The SMILES string of the molecule is COc1cc2c(cc1SC)sc(C)[n+]2CCCS(=O)(=O)O. The average molecular weight is 348 g/mol. The van der Waals surface area contributed by atoms with Crippen molar-refractivity contribution in [2.45, 2.75) is 24.8 Å². The number of aromatic nitrogens is 1.